The summed E-state index contributed by atoms with van der Waals surface area (Å²) in [4.78, 5) is 23.7. The molecule has 174 valence electrons. The summed E-state index contributed by atoms with van der Waals surface area (Å²) >= 11 is 0. The van der Waals surface area contributed by atoms with Crippen molar-refractivity contribution in [3.05, 3.63) is 59.9 Å². The van der Waals surface area contributed by atoms with Gasteiger partial charge in [0.2, 0.25) is 12.2 Å². The van der Waals surface area contributed by atoms with Gasteiger partial charge in [0.1, 0.15) is 5.69 Å². The van der Waals surface area contributed by atoms with E-state index in [1.165, 1.54) is 0 Å². The fourth-order valence-electron chi connectivity index (χ4n) is 3.59. The molecule has 3 rings (SSSR count). The van der Waals surface area contributed by atoms with Crippen LogP contribution < -0.4 is 10.6 Å². The van der Waals surface area contributed by atoms with Gasteiger partial charge in [0, 0.05) is 38.3 Å². The van der Waals surface area contributed by atoms with Crippen LogP contribution in [-0.2, 0) is 0 Å². The molecule has 0 aliphatic carbocycles. The number of benzene rings is 1. The first-order valence-corrected chi connectivity index (χ1v) is 10.9. The lowest BCUT2D eigenvalue weighted by molar-refractivity contribution is 0.0635. The maximum atomic E-state index is 13.7. The molecule has 2 aromatic rings. The van der Waals surface area contributed by atoms with Gasteiger partial charge >= 0.3 is 0 Å². The molecular weight excluding hydrogens is 428 g/mol. The molecule has 0 spiro atoms. The number of hydrogen-bond donors (Lipinski definition) is 2. The molecule has 1 saturated heterocycles. The monoisotopic (exact) mass is 455 g/mol. The van der Waals surface area contributed by atoms with Gasteiger partial charge in [-0.3, -0.25) is 14.7 Å². The van der Waals surface area contributed by atoms with Crippen LogP contribution >= 0.6 is 0 Å². The number of carbonyl (C=O) groups is 1. The van der Waals surface area contributed by atoms with Crippen LogP contribution in [0.4, 0.5) is 14.5 Å². The van der Waals surface area contributed by atoms with E-state index in [2.05, 4.69) is 25.5 Å². The Bertz CT molecular complexity index is 966. The number of amides is 1. The minimum atomic E-state index is -0.868. The molecule has 0 radical (unpaired) electrons. The van der Waals surface area contributed by atoms with E-state index >= 15 is 0 Å². The zero-order valence-corrected chi connectivity index (χ0v) is 18.3. The first kappa shape index (κ1) is 24.1. The first-order chi connectivity index (χ1) is 16.1. The molecule has 8 nitrogen and oxygen atoms in total. The van der Waals surface area contributed by atoms with E-state index in [0.717, 1.165) is 69.9 Å². The second-order valence-corrected chi connectivity index (χ2v) is 7.65. The van der Waals surface area contributed by atoms with Crippen LogP contribution in [0.1, 0.15) is 29.6 Å². The first-order valence-electron chi connectivity index (χ1n) is 10.9. The predicted molar refractivity (Wildman–Crippen MR) is 121 cm³/mol. The average molecular weight is 456 g/mol. The topological polar surface area (TPSA) is 96.7 Å². The largest absolute Gasteiger partial charge is 0.355 e. The molecule has 2 N–H and O–H groups in total. The van der Waals surface area contributed by atoms with E-state index in [-0.39, 0.29) is 11.9 Å². The summed E-state index contributed by atoms with van der Waals surface area (Å²) in [6.07, 6.45) is 6.11. The Morgan fingerprint density at radius 1 is 1.06 bits per heavy atom. The Morgan fingerprint density at radius 3 is 2.42 bits per heavy atom. The number of carbonyl (C=O) groups excluding carboxylic acids is 1. The number of guanidine groups is 1. The van der Waals surface area contributed by atoms with Gasteiger partial charge in [0.05, 0.1) is 12.4 Å². The zero-order valence-electron chi connectivity index (χ0n) is 18.3. The van der Waals surface area contributed by atoms with E-state index in [1.807, 2.05) is 35.2 Å². The Labute approximate surface area is 191 Å². The lowest BCUT2D eigenvalue weighted by atomic mass is 10.1. The molecule has 1 aliphatic heterocycles. The van der Waals surface area contributed by atoms with Crippen molar-refractivity contribution in [2.75, 3.05) is 44.6 Å². The third-order valence-electron chi connectivity index (χ3n) is 5.38. The van der Waals surface area contributed by atoms with Crippen LogP contribution in [0.2, 0.25) is 0 Å². The Hall–Kier alpha value is -3.58. The number of nitrogens with zero attached hydrogens (tertiary/aromatic N) is 5. The van der Waals surface area contributed by atoms with Gasteiger partial charge in [-0.15, -0.1) is 4.99 Å². The third kappa shape index (κ3) is 7.22. The fourth-order valence-corrected chi connectivity index (χ4v) is 3.59. The number of halogens is 2. The number of nitrogens with one attached hydrogen (secondary N) is 2. The van der Waals surface area contributed by atoms with Gasteiger partial charge in [0.15, 0.2) is 11.6 Å². The maximum absolute atomic E-state index is 13.7. The molecule has 1 fully saturated rings. The average Bonchev–Trinajstić information content (AvgIpc) is 2.84. The summed E-state index contributed by atoms with van der Waals surface area (Å²) in [5.74, 6) is -1.67. The van der Waals surface area contributed by atoms with Gasteiger partial charge < -0.3 is 15.5 Å². The summed E-state index contributed by atoms with van der Waals surface area (Å²) in [6, 6.07) is 9.33. The van der Waals surface area contributed by atoms with Crippen LogP contribution in [0.25, 0.3) is 0 Å². The van der Waals surface area contributed by atoms with E-state index in [1.54, 1.807) is 6.19 Å². The molecule has 0 unspecified atom stereocenters. The summed E-state index contributed by atoms with van der Waals surface area (Å²) in [5, 5.41) is 14.2. The van der Waals surface area contributed by atoms with Crippen molar-refractivity contribution in [2.24, 2.45) is 4.99 Å². The highest BCUT2D eigenvalue weighted by molar-refractivity contribution is 5.94. The molecule has 0 saturated carbocycles. The van der Waals surface area contributed by atoms with Crippen molar-refractivity contribution in [1.82, 2.24) is 20.1 Å². The predicted octanol–water partition coefficient (Wildman–Crippen LogP) is 2.83. The van der Waals surface area contributed by atoms with Crippen LogP contribution in [0, 0.1) is 23.1 Å². The number of unbranched alkanes of at least 4 members (excludes halogenated alkanes) is 2. The summed E-state index contributed by atoms with van der Waals surface area (Å²) in [7, 11) is 0. The molecule has 0 atom stereocenters. The van der Waals surface area contributed by atoms with Gasteiger partial charge in [0.25, 0.3) is 5.91 Å². The third-order valence-corrected chi connectivity index (χ3v) is 5.38. The number of nitriles is 1. The van der Waals surface area contributed by atoms with Gasteiger partial charge in [-0.1, -0.05) is 24.6 Å². The zero-order chi connectivity index (χ0) is 23.5. The lowest BCUT2D eigenvalue weighted by Crippen LogP contribution is -2.48. The molecular formula is C23H27F2N7O. The smallest absolute Gasteiger partial charge is 0.253 e. The van der Waals surface area contributed by atoms with Gasteiger partial charge in [-0.05, 0) is 31.5 Å². The van der Waals surface area contributed by atoms with Crippen LogP contribution in [-0.4, -0.2) is 65.9 Å². The minimum Gasteiger partial charge on any atom is -0.355 e. The lowest BCUT2D eigenvalue weighted by Gasteiger charge is -2.34. The van der Waals surface area contributed by atoms with Crippen molar-refractivity contribution < 1.29 is 13.6 Å². The summed E-state index contributed by atoms with van der Waals surface area (Å²) in [5.41, 5.74) is 0.318. The summed E-state index contributed by atoms with van der Waals surface area (Å²) < 4.78 is 27.4. The van der Waals surface area contributed by atoms with Crippen molar-refractivity contribution in [3.8, 4) is 6.19 Å². The molecule has 10 heteroatoms. The van der Waals surface area contributed by atoms with E-state index in [4.69, 9.17) is 5.26 Å². The van der Waals surface area contributed by atoms with E-state index < -0.39 is 17.3 Å². The molecule has 1 amide bonds. The highest BCUT2D eigenvalue weighted by Crippen LogP contribution is 2.16. The van der Waals surface area contributed by atoms with Crippen LogP contribution in [0.5, 0.6) is 0 Å². The highest BCUT2D eigenvalue weighted by atomic mass is 19.1. The second-order valence-electron chi connectivity index (χ2n) is 7.65. The molecule has 0 bridgehead atoms. The number of aromatic nitrogens is 1. The maximum Gasteiger partial charge on any atom is 0.253 e. The second kappa shape index (κ2) is 12.5. The summed E-state index contributed by atoms with van der Waals surface area (Å²) in [6.45, 7) is 4.58. The molecule has 1 aromatic heterocycles. The highest BCUT2D eigenvalue weighted by Gasteiger charge is 2.21. The Morgan fingerprint density at radius 2 is 1.76 bits per heavy atom. The number of piperazine rings is 1. The van der Waals surface area contributed by atoms with Gasteiger partial charge in [-0.25, -0.2) is 8.78 Å². The van der Waals surface area contributed by atoms with Crippen molar-refractivity contribution >= 4 is 17.6 Å². The quantitative estimate of drug-likeness (QED) is 0.275. The Balaban J connectivity index is 1.32. The number of anilines is 1. The minimum absolute atomic E-state index is 0.0132. The van der Waals surface area contributed by atoms with E-state index in [0.29, 0.717) is 6.54 Å². The van der Waals surface area contributed by atoms with Crippen molar-refractivity contribution in [2.45, 2.75) is 19.3 Å². The normalized spacial score (nSPS) is 14.6. The number of aliphatic imine (C=N–C) groups is 1. The van der Waals surface area contributed by atoms with Gasteiger partial charge in [-0.2, -0.15) is 5.26 Å². The van der Waals surface area contributed by atoms with Crippen LogP contribution in [0.15, 0.2) is 47.7 Å². The fraction of sp³-hybridized carbons (Fsp3) is 0.391. The SMILES string of the molecule is N#CN=C(NCCCCCN1CCN(C(=O)c2ccccc2)CC1)Nc1c(F)cncc1F. The molecule has 1 aliphatic rings. The van der Waals surface area contributed by atoms with Crippen LogP contribution in [0.3, 0.4) is 0 Å². The molecule has 33 heavy (non-hydrogen) atoms. The molecule has 2 heterocycles. The number of hydrogen-bond acceptors (Lipinski definition) is 5. The van der Waals surface area contributed by atoms with E-state index in [9.17, 15) is 13.6 Å². The Kier molecular flexibility index (Phi) is 9.08. The van der Waals surface area contributed by atoms with Crippen molar-refractivity contribution in [3.63, 3.8) is 0 Å². The number of rotatable bonds is 8. The number of pyridine rings is 1. The van der Waals surface area contributed by atoms with Crippen molar-refractivity contribution in [1.29, 1.82) is 5.26 Å². The standard InChI is InChI=1S/C23H27F2N7O/c24-19-15-27-16-20(25)21(19)30-23(29-17-26)28-9-5-2-6-10-31-11-13-32(14-12-31)22(33)18-7-3-1-4-8-18/h1,3-4,7-8,15-16H,2,5-6,9-14H2,(H2,27,28,29,30). The molecule has 1 aromatic carbocycles.